The van der Waals surface area contributed by atoms with E-state index in [-0.39, 0.29) is 11.4 Å². The summed E-state index contributed by atoms with van der Waals surface area (Å²) in [6.07, 6.45) is -3.47. The van der Waals surface area contributed by atoms with Crippen molar-refractivity contribution < 1.29 is 17.9 Å². The van der Waals surface area contributed by atoms with Crippen LogP contribution in [0.2, 0.25) is 0 Å². The fourth-order valence-electron chi connectivity index (χ4n) is 1.56. The van der Waals surface area contributed by atoms with Crippen LogP contribution < -0.4 is 11.2 Å². The number of anilines is 2. The number of halogens is 3. The van der Waals surface area contributed by atoms with Crippen molar-refractivity contribution in [3.8, 4) is 0 Å². The monoisotopic (exact) mass is 262 g/mol. The van der Waals surface area contributed by atoms with Crippen LogP contribution in [0.5, 0.6) is 0 Å². The van der Waals surface area contributed by atoms with Gasteiger partial charge < -0.3 is 15.9 Å². The molecule has 0 amide bonds. The van der Waals surface area contributed by atoms with E-state index in [0.717, 1.165) is 12.3 Å². The zero-order valence-electron chi connectivity index (χ0n) is 9.50. The minimum absolute atomic E-state index is 0.175. The van der Waals surface area contributed by atoms with E-state index in [1.165, 1.54) is 0 Å². The Bertz CT molecular complexity index is 418. The van der Waals surface area contributed by atoms with Gasteiger partial charge in [0.25, 0.3) is 0 Å². The normalized spacial score (nSPS) is 17.7. The van der Waals surface area contributed by atoms with Gasteiger partial charge in [0, 0.05) is 13.1 Å². The maximum Gasteiger partial charge on any atom is 0.433 e. The molecule has 0 atom stereocenters. The largest absolute Gasteiger partial charge is 0.433 e. The average Bonchev–Trinajstić information content (AvgIpc) is 2.32. The van der Waals surface area contributed by atoms with Crippen molar-refractivity contribution in [2.45, 2.75) is 6.18 Å². The predicted molar refractivity (Wildman–Crippen MR) is 59.7 cm³/mol. The third-order valence-corrected chi connectivity index (χ3v) is 2.51. The second kappa shape index (κ2) is 4.99. The minimum atomic E-state index is -4.48. The van der Waals surface area contributed by atoms with Crippen LogP contribution in [-0.2, 0) is 10.9 Å². The quantitative estimate of drug-likeness (QED) is 0.842. The second-order valence-corrected chi connectivity index (χ2v) is 3.87. The lowest BCUT2D eigenvalue weighted by molar-refractivity contribution is -0.141. The molecule has 2 rings (SSSR count). The first-order valence-electron chi connectivity index (χ1n) is 5.39. The van der Waals surface area contributed by atoms with Gasteiger partial charge in [0.2, 0.25) is 0 Å². The number of morpholine rings is 1. The number of alkyl halides is 3. The van der Waals surface area contributed by atoms with E-state index in [9.17, 15) is 13.2 Å². The number of nitrogens with two attached hydrogens (primary N) is 1. The molecule has 8 heteroatoms. The number of pyridine rings is 1. The molecule has 18 heavy (non-hydrogen) atoms. The molecule has 1 aromatic rings. The highest BCUT2D eigenvalue weighted by molar-refractivity contribution is 5.64. The molecule has 5 nitrogen and oxygen atoms in total. The second-order valence-electron chi connectivity index (χ2n) is 3.87. The number of ether oxygens (including phenoxy) is 1. The molecule has 0 bridgehead atoms. The molecule has 0 radical (unpaired) electrons. The van der Waals surface area contributed by atoms with E-state index < -0.39 is 11.9 Å². The first kappa shape index (κ1) is 12.9. The third-order valence-electron chi connectivity index (χ3n) is 2.51. The summed E-state index contributed by atoms with van der Waals surface area (Å²) in [5.41, 5.74) is 7.87. The van der Waals surface area contributed by atoms with E-state index in [1.807, 2.05) is 0 Å². The number of nitrogens with zero attached hydrogens (tertiary/aromatic N) is 2. The maximum absolute atomic E-state index is 12.5. The van der Waals surface area contributed by atoms with Gasteiger partial charge in [0.15, 0.2) is 0 Å². The van der Waals surface area contributed by atoms with Crippen LogP contribution in [0, 0.1) is 0 Å². The molecule has 0 unspecified atom stereocenters. The van der Waals surface area contributed by atoms with Crippen LogP contribution in [0.15, 0.2) is 12.3 Å². The molecule has 1 fully saturated rings. The Labute approximate surface area is 102 Å². The standard InChI is InChI=1S/C10H13F3N4O/c11-10(12,13)9-5-8(7(14)6-15-9)16-17-1-3-18-4-2-17/h5-6H,1-4,14H2,(H,15,16). The molecular weight excluding hydrogens is 249 g/mol. The Morgan fingerprint density at radius 1 is 1.33 bits per heavy atom. The van der Waals surface area contributed by atoms with Crippen LogP contribution in [0.3, 0.4) is 0 Å². The number of aromatic nitrogens is 1. The number of rotatable bonds is 2. The Morgan fingerprint density at radius 2 is 2.00 bits per heavy atom. The van der Waals surface area contributed by atoms with Gasteiger partial charge in [-0.3, -0.25) is 0 Å². The first-order valence-corrected chi connectivity index (χ1v) is 5.39. The summed E-state index contributed by atoms with van der Waals surface area (Å²) in [6, 6.07) is 0.908. The van der Waals surface area contributed by atoms with Gasteiger partial charge in [-0.05, 0) is 6.07 Å². The van der Waals surface area contributed by atoms with Gasteiger partial charge in [0.1, 0.15) is 5.69 Å². The zero-order chi connectivity index (χ0) is 13.2. The minimum Gasteiger partial charge on any atom is -0.396 e. The van der Waals surface area contributed by atoms with Crippen molar-refractivity contribution in [3.63, 3.8) is 0 Å². The van der Waals surface area contributed by atoms with E-state index in [1.54, 1.807) is 5.01 Å². The Kier molecular flexibility index (Phi) is 3.58. The van der Waals surface area contributed by atoms with Crippen LogP contribution >= 0.6 is 0 Å². The topological polar surface area (TPSA) is 63.4 Å². The number of hydrogen-bond donors (Lipinski definition) is 2. The zero-order valence-corrected chi connectivity index (χ0v) is 9.50. The first-order chi connectivity index (χ1) is 8.47. The summed E-state index contributed by atoms with van der Waals surface area (Å²) in [5.74, 6) is 0. The molecule has 100 valence electrons. The lowest BCUT2D eigenvalue weighted by Crippen LogP contribution is -2.40. The van der Waals surface area contributed by atoms with Crippen molar-refractivity contribution in [1.82, 2.24) is 9.99 Å². The lowest BCUT2D eigenvalue weighted by atomic mass is 10.3. The number of nitrogens with one attached hydrogen (secondary N) is 1. The Morgan fingerprint density at radius 3 is 2.61 bits per heavy atom. The molecule has 1 aliphatic heterocycles. The Balaban J connectivity index is 2.15. The third kappa shape index (κ3) is 3.02. The molecule has 0 aliphatic carbocycles. The molecule has 0 saturated carbocycles. The molecule has 1 saturated heterocycles. The van der Waals surface area contributed by atoms with E-state index in [4.69, 9.17) is 10.5 Å². The summed E-state index contributed by atoms with van der Waals surface area (Å²) in [7, 11) is 0. The van der Waals surface area contributed by atoms with Crippen molar-refractivity contribution in [2.75, 3.05) is 37.5 Å². The van der Waals surface area contributed by atoms with Crippen LogP contribution in [-0.4, -0.2) is 36.3 Å². The van der Waals surface area contributed by atoms with Crippen LogP contribution in [0.1, 0.15) is 5.69 Å². The summed E-state index contributed by atoms with van der Waals surface area (Å²) in [6.45, 7) is 2.24. The van der Waals surface area contributed by atoms with Gasteiger partial charge >= 0.3 is 6.18 Å². The van der Waals surface area contributed by atoms with Crippen molar-refractivity contribution in [3.05, 3.63) is 18.0 Å². The highest BCUT2D eigenvalue weighted by Gasteiger charge is 2.33. The van der Waals surface area contributed by atoms with Gasteiger partial charge in [0.05, 0.1) is 30.8 Å². The van der Waals surface area contributed by atoms with Gasteiger partial charge in [-0.1, -0.05) is 0 Å². The highest BCUT2D eigenvalue weighted by atomic mass is 19.4. The van der Waals surface area contributed by atoms with E-state index in [2.05, 4.69) is 10.4 Å². The molecule has 1 aliphatic rings. The van der Waals surface area contributed by atoms with Crippen molar-refractivity contribution >= 4 is 11.4 Å². The lowest BCUT2D eigenvalue weighted by Gasteiger charge is -2.28. The molecule has 0 aromatic carbocycles. The molecular formula is C10H13F3N4O. The Hall–Kier alpha value is -1.54. The van der Waals surface area contributed by atoms with Gasteiger partial charge in [-0.2, -0.15) is 13.2 Å². The predicted octanol–water partition coefficient (Wildman–Crippen LogP) is 1.34. The summed E-state index contributed by atoms with van der Waals surface area (Å²) < 4.78 is 42.7. The number of nitrogen functional groups attached to an aromatic ring is 1. The summed E-state index contributed by atoms with van der Waals surface area (Å²) >= 11 is 0. The van der Waals surface area contributed by atoms with Crippen LogP contribution in [0.25, 0.3) is 0 Å². The molecule has 0 spiro atoms. The van der Waals surface area contributed by atoms with Crippen LogP contribution in [0.4, 0.5) is 24.5 Å². The molecule has 3 N–H and O–H groups in total. The smallest absolute Gasteiger partial charge is 0.396 e. The van der Waals surface area contributed by atoms with Gasteiger partial charge in [-0.25, -0.2) is 9.99 Å². The summed E-state index contributed by atoms with van der Waals surface area (Å²) in [5, 5.41) is 1.76. The summed E-state index contributed by atoms with van der Waals surface area (Å²) in [4.78, 5) is 3.27. The van der Waals surface area contributed by atoms with Gasteiger partial charge in [-0.15, -0.1) is 0 Å². The number of hydrazine groups is 1. The van der Waals surface area contributed by atoms with Crippen molar-refractivity contribution in [2.24, 2.45) is 0 Å². The molecule has 2 heterocycles. The van der Waals surface area contributed by atoms with E-state index in [0.29, 0.717) is 26.3 Å². The number of hydrogen-bond acceptors (Lipinski definition) is 5. The fourth-order valence-corrected chi connectivity index (χ4v) is 1.56. The fraction of sp³-hybridized carbons (Fsp3) is 0.500. The highest BCUT2D eigenvalue weighted by Crippen LogP contribution is 2.31. The average molecular weight is 262 g/mol. The van der Waals surface area contributed by atoms with E-state index >= 15 is 0 Å². The maximum atomic E-state index is 12.5. The SMILES string of the molecule is Nc1cnc(C(F)(F)F)cc1NN1CCOCC1. The molecule has 1 aromatic heterocycles. The van der Waals surface area contributed by atoms with Crippen molar-refractivity contribution in [1.29, 1.82) is 0 Å².